The molecule has 1 aromatic carbocycles. The Morgan fingerprint density at radius 1 is 1.21 bits per heavy atom. The van der Waals surface area contributed by atoms with E-state index in [0.29, 0.717) is 18.6 Å². The first-order valence-electron chi connectivity index (χ1n) is 9.77. The molecule has 4 heterocycles. The molecule has 29 heavy (non-hydrogen) atoms. The summed E-state index contributed by atoms with van der Waals surface area (Å²) in [5, 5.41) is 16.3. The minimum atomic E-state index is 0.303. The summed E-state index contributed by atoms with van der Waals surface area (Å²) in [6.07, 6.45) is 6.33. The van der Waals surface area contributed by atoms with Crippen LogP contribution < -0.4 is 4.74 Å². The number of hydrogen-bond donors (Lipinski definition) is 1. The Balaban J connectivity index is 1.58. The lowest BCUT2D eigenvalue weighted by Gasteiger charge is -2.18. The molecule has 148 valence electrons. The van der Waals surface area contributed by atoms with E-state index in [1.165, 1.54) is 4.88 Å². The van der Waals surface area contributed by atoms with E-state index < -0.39 is 0 Å². The van der Waals surface area contributed by atoms with Crippen LogP contribution in [-0.4, -0.2) is 36.6 Å². The summed E-state index contributed by atoms with van der Waals surface area (Å²) in [5.41, 5.74) is 4.12. The summed E-state index contributed by atoms with van der Waals surface area (Å²) >= 11 is 1.69. The molecular formula is C21H22N6OS. The molecule has 0 aliphatic carbocycles. The molecule has 0 amide bonds. The maximum absolute atomic E-state index is 6.05. The SMILES string of the molecule is CC(C)C(C)n1cnnc1-c1nc2c(s1)CCOc1cc(-c3cn[nH]c3)ccc1-2. The third-order valence-corrected chi connectivity index (χ3v) is 6.63. The van der Waals surface area contributed by atoms with Crippen molar-refractivity contribution < 1.29 is 4.74 Å². The van der Waals surface area contributed by atoms with Crippen LogP contribution in [-0.2, 0) is 6.42 Å². The maximum atomic E-state index is 6.05. The molecular weight excluding hydrogens is 384 g/mol. The standard InChI is InChI=1S/C21H22N6OS/c1-12(2)13(3)27-11-24-26-20(27)21-25-19-16-5-4-14(15-9-22-23-10-15)8-17(16)28-7-6-18(19)29-21/h4-5,8-13H,6-7H2,1-3H3,(H,22,23). The minimum Gasteiger partial charge on any atom is -0.492 e. The second-order valence-electron chi connectivity index (χ2n) is 7.63. The van der Waals surface area contributed by atoms with Gasteiger partial charge in [0, 0.05) is 34.7 Å². The first-order valence-corrected chi connectivity index (χ1v) is 10.6. The van der Waals surface area contributed by atoms with Gasteiger partial charge in [-0.2, -0.15) is 5.10 Å². The molecule has 1 aliphatic heterocycles. The quantitative estimate of drug-likeness (QED) is 0.535. The fourth-order valence-electron chi connectivity index (χ4n) is 3.52. The summed E-state index contributed by atoms with van der Waals surface area (Å²) in [6, 6.07) is 6.55. The van der Waals surface area contributed by atoms with Gasteiger partial charge in [0.2, 0.25) is 0 Å². The van der Waals surface area contributed by atoms with Crippen molar-refractivity contribution in [3.8, 4) is 39.0 Å². The average Bonchev–Trinajstić information content (AvgIpc) is 3.46. The van der Waals surface area contributed by atoms with E-state index in [9.17, 15) is 0 Å². The van der Waals surface area contributed by atoms with Gasteiger partial charge < -0.3 is 9.30 Å². The topological polar surface area (TPSA) is 81.5 Å². The van der Waals surface area contributed by atoms with Crippen LogP contribution in [0.2, 0.25) is 0 Å². The molecule has 0 spiro atoms. The Morgan fingerprint density at radius 3 is 2.90 bits per heavy atom. The largest absolute Gasteiger partial charge is 0.492 e. The number of thiazole rings is 1. The average molecular weight is 407 g/mol. The lowest BCUT2D eigenvalue weighted by Crippen LogP contribution is -2.11. The predicted octanol–water partition coefficient (Wildman–Crippen LogP) is 4.61. The van der Waals surface area contributed by atoms with Gasteiger partial charge in [-0.25, -0.2) is 4.98 Å². The highest BCUT2D eigenvalue weighted by atomic mass is 32.1. The van der Waals surface area contributed by atoms with Gasteiger partial charge in [0.25, 0.3) is 0 Å². The number of rotatable bonds is 4. The highest BCUT2D eigenvalue weighted by Crippen LogP contribution is 2.41. The van der Waals surface area contributed by atoms with Gasteiger partial charge in [-0.15, -0.1) is 21.5 Å². The smallest absolute Gasteiger partial charge is 0.193 e. The lowest BCUT2D eigenvalue weighted by molar-refractivity contribution is 0.327. The molecule has 0 saturated heterocycles. The summed E-state index contributed by atoms with van der Waals surface area (Å²) in [4.78, 5) is 6.21. The van der Waals surface area contributed by atoms with E-state index in [4.69, 9.17) is 9.72 Å². The van der Waals surface area contributed by atoms with Crippen LogP contribution in [0, 0.1) is 5.92 Å². The number of aromatic amines is 1. The molecule has 8 heteroatoms. The van der Waals surface area contributed by atoms with Crippen LogP contribution in [0.4, 0.5) is 0 Å². The summed E-state index contributed by atoms with van der Waals surface area (Å²) in [7, 11) is 0. The molecule has 5 rings (SSSR count). The van der Waals surface area contributed by atoms with Gasteiger partial charge in [0.1, 0.15) is 12.1 Å². The Bertz CT molecular complexity index is 1140. The summed E-state index contributed by atoms with van der Waals surface area (Å²) in [5.74, 6) is 2.18. The monoisotopic (exact) mass is 406 g/mol. The number of benzene rings is 1. The van der Waals surface area contributed by atoms with Crippen molar-refractivity contribution in [2.45, 2.75) is 33.2 Å². The second kappa shape index (κ2) is 7.11. The van der Waals surface area contributed by atoms with Gasteiger partial charge in [-0.3, -0.25) is 5.10 Å². The second-order valence-corrected chi connectivity index (χ2v) is 8.72. The molecule has 0 radical (unpaired) electrons. The number of aromatic nitrogens is 6. The Morgan fingerprint density at radius 2 is 2.10 bits per heavy atom. The molecule has 1 unspecified atom stereocenters. The molecule has 4 aromatic rings. The van der Waals surface area contributed by atoms with E-state index in [0.717, 1.165) is 45.4 Å². The first kappa shape index (κ1) is 18.1. The number of ether oxygens (including phenoxy) is 1. The molecule has 0 fully saturated rings. The van der Waals surface area contributed by atoms with Crippen molar-refractivity contribution in [3.63, 3.8) is 0 Å². The number of nitrogens with zero attached hydrogens (tertiary/aromatic N) is 5. The zero-order valence-electron chi connectivity index (χ0n) is 16.6. The number of H-pyrrole nitrogens is 1. The number of nitrogens with one attached hydrogen (secondary N) is 1. The molecule has 0 saturated carbocycles. The molecule has 1 aliphatic rings. The van der Waals surface area contributed by atoms with Gasteiger partial charge in [0.05, 0.1) is 18.5 Å². The van der Waals surface area contributed by atoms with Crippen molar-refractivity contribution in [2.24, 2.45) is 5.92 Å². The van der Waals surface area contributed by atoms with Crippen molar-refractivity contribution in [1.82, 2.24) is 29.9 Å². The normalized spacial score (nSPS) is 14.2. The van der Waals surface area contributed by atoms with Crippen molar-refractivity contribution in [1.29, 1.82) is 0 Å². The van der Waals surface area contributed by atoms with Crippen molar-refractivity contribution in [3.05, 3.63) is 41.8 Å². The van der Waals surface area contributed by atoms with Gasteiger partial charge in [-0.05, 0) is 30.5 Å². The Labute approximate surface area is 172 Å². The predicted molar refractivity (Wildman–Crippen MR) is 113 cm³/mol. The number of fused-ring (bicyclic) bond motifs is 3. The molecule has 0 bridgehead atoms. The van der Waals surface area contributed by atoms with Crippen LogP contribution in [0.5, 0.6) is 5.75 Å². The third-order valence-electron chi connectivity index (χ3n) is 5.52. The summed E-state index contributed by atoms with van der Waals surface area (Å²) in [6.45, 7) is 7.23. The third kappa shape index (κ3) is 3.13. The van der Waals surface area contributed by atoms with Crippen LogP contribution in [0.15, 0.2) is 36.9 Å². The molecule has 1 N–H and O–H groups in total. The van der Waals surface area contributed by atoms with Crippen LogP contribution in [0.1, 0.15) is 31.7 Å². The minimum absolute atomic E-state index is 0.303. The molecule has 3 aromatic heterocycles. The first-order chi connectivity index (χ1) is 14.1. The fourth-order valence-corrected chi connectivity index (χ4v) is 4.57. The van der Waals surface area contributed by atoms with Crippen LogP contribution in [0.25, 0.3) is 33.2 Å². The van der Waals surface area contributed by atoms with E-state index in [-0.39, 0.29) is 0 Å². The number of hydrogen-bond acceptors (Lipinski definition) is 6. The van der Waals surface area contributed by atoms with Gasteiger partial charge in [0.15, 0.2) is 10.8 Å². The van der Waals surface area contributed by atoms with E-state index in [1.807, 2.05) is 12.4 Å². The van der Waals surface area contributed by atoms with E-state index in [2.05, 4.69) is 63.9 Å². The maximum Gasteiger partial charge on any atom is 0.193 e. The van der Waals surface area contributed by atoms with Gasteiger partial charge in [-0.1, -0.05) is 19.9 Å². The van der Waals surface area contributed by atoms with E-state index in [1.54, 1.807) is 17.7 Å². The van der Waals surface area contributed by atoms with Crippen molar-refractivity contribution >= 4 is 11.3 Å². The van der Waals surface area contributed by atoms with Crippen LogP contribution in [0.3, 0.4) is 0 Å². The molecule has 1 atom stereocenters. The highest BCUT2D eigenvalue weighted by Gasteiger charge is 2.24. The Hall–Kier alpha value is -3.00. The van der Waals surface area contributed by atoms with Gasteiger partial charge >= 0.3 is 0 Å². The fraction of sp³-hybridized carbons (Fsp3) is 0.333. The highest BCUT2D eigenvalue weighted by molar-refractivity contribution is 7.15. The zero-order valence-corrected chi connectivity index (χ0v) is 17.4. The van der Waals surface area contributed by atoms with Crippen molar-refractivity contribution in [2.75, 3.05) is 6.61 Å². The zero-order chi connectivity index (χ0) is 20.0. The summed E-state index contributed by atoms with van der Waals surface area (Å²) < 4.78 is 8.18. The lowest BCUT2D eigenvalue weighted by atomic mass is 10.0. The Kier molecular flexibility index (Phi) is 4.43. The molecule has 7 nitrogen and oxygen atoms in total. The van der Waals surface area contributed by atoms with Crippen LogP contribution >= 0.6 is 11.3 Å². The van der Waals surface area contributed by atoms with E-state index >= 15 is 0 Å².